The SMILES string of the molecule is CCCOc1nc(NC)nc(NCc2ccccc2F)n1. The lowest BCUT2D eigenvalue weighted by Gasteiger charge is -2.09. The predicted molar refractivity (Wildman–Crippen MR) is 78.9 cm³/mol. The van der Waals surface area contributed by atoms with E-state index in [1.807, 2.05) is 6.92 Å². The number of benzene rings is 1. The zero-order chi connectivity index (χ0) is 15.1. The van der Waals surface area contributed by atoms with E-state index < -0.39 is 0 Å². The third-order valence-electron chi connectivity index (χ3n) is 2.67. The molecule has 0 aliphatic rings. The maximum Gasteiger partial charge on any atom is 0.323 e. The van der Waals surface area contributed by atoms with Crippen LogP contribution in [0.25, 0.3) is 0 Å². The first kappa shape index (κ1) is 15.0. The van der Waals surface area contributed by atoms with Gasteiger partial charge in [0, 0.05) is 19.2 Å². The summed E-state index contributed by atoms with van der Waals surface area (Å²) in [6, 6.07) is 6.79. The number of nitrogens with zero attached hydrogens (tertiary/aromatic N) is 3. The summed E-state index contributed by atoms with van der Waals surface area (Å²) in [5.74, 6) is 0.464. The first-order valence-electron chi connectivity index (χ1n) is 6.76. The molecule has 0 fully saturated rings. The third-order valence-corrected chi connectivity index (χ3v) is 2.67. The summed E-state index contributed by atoms with van der Waals surface area (Å²) in [5, 5.41) is 5.81. The molecule has 1 aromatic heterocycles. The lowest BCUT2D eigenvalue weighted by molar-refractivity contribution is 0.292. The van der Waals surface area contributed by atoms with E-state index in [1.165, 1.54) is 6.07 Å². The first-order chi connectivity index (χ1) is 10.2. The maximum absolute atomic E-state index is 13.6. The Kier molecular flexibility index (Phi) is 5.25. The third kappa shape index (κ3) is 4.27. The molecule has 1 heterocycles. The standard InChI is InChI=1S/C14H18FN5O/c1-3-8-21-14-19-12(16-2)18-13(20-14)17-9-10-6-4-5-7-11(10)15/h4-7H,3,8-9H2,1-2H3,(H2,16,17,18,19,20). The van der Waals surface area contributed by atoms with Crippen LogP contribution in [0.5, 0.6) is 6.01 Å². The maximum atomic E-state index is 13.6. The van der Waals surface area contributed by atoms with E-state index in [9.17, 15) is 4.39 Å². The summed E-state index contributed by atoms with van der Waals surface area (Å²) in [4.78, 5) is 12.4. The largest absolute Gasteiger partial charge is 0.463 e. The van der Waals surface area contributed by atoms with Gasteiger partial charge in [0.05, 0.1) is 6.61 Å². The number of ether oxygens (including phenoxy) is 1. The van der Waals surface area contributed by atoms with E-state index in [2.05, 4.69) is 25.6 Å². The van der Waals surface area contributed by atoms with Crippen molar-refractivity contribution in [2.75, 3.05) is 24.3 Å². The number of anilines is 2. The second-order valence-corrected chi connectivity index (χ2v) is 4.31. The molecule has 2 aromatic rings. The van der Waals surface area contributed by atoms with Gasteiger partial charge in [-0.3, -0.25) is 0 Å². The zero-order valence-electron chi connectivity index (χ0n) is 12.1. The van der Waals surface area contributed by atoms with Crippen LogP contribution >= 0.6 is 0 Å². The average molecular weight is 291 g/mol. The van der Waals surface area contributed by atoms with Crippen LogP contribution in [0.1, 0.15) is 18.9 Å². The monoisotopic (exact) mass is 291 g/mol. The Hall–Kier alpha value is -2.44. The molecule has 0 aliphatic heterocycles. The minimum absolute atomic E-state index is 0.243. The molecular weight excluding hydrogens is 273 g/mol. The highest BCUT2D eigenvalue weighted by molar-refractivity contribution is 5.36. The van der Waals surface area contributed by atoms with Crippen LogP contribution in [0.2, 0.25) is 0 Å². The second-order valence-electron chi connectivity index (χ2n) is 4.31. The molecular formula is C14H18FN5O. The van der Waals surface area contributed by atoms with E-state index in [1.54, 1.807) is 25.2 Å². The van der Waals surface area contributed by atoms with Crippen molar-refractivity contribution in [1.82, 2.24) is 15.0 Å². The van der Waals surface area contributed by atoms with Gasteiger partial charge in [0.1, 0.15) is 5.82 Å². The molecule has 112 valence electrons. The van der Waals surface area contributed by atoms with Crippen LogP contribution < -0.4 is 15.4 Å². The minimum atomic E-state index is -0.268. The van der Waals surface area contributed by atoms with Crippen LogP contribution in [0, 0.1) is 5.82 Å². The Labute approximate surface area is 122 Å². The second kappa shape index (κ2) is 7.37. The molecule has 0 amide bonds. The van der Waals surface area contributed by atoms with Gasteiger partial charge in [-0.15, -0.1) is 0 Å². The van der Waals surface area contributed by atoms with Gasteiger partial charge in [-0.25, -0.2) is 4.39 Å². The Morgan fingerprint density at radius 2 is 1.90 bits per heavy atom. The van der Waals surface area contributed by atoms with Crippen LogP contribution in [0.4, 0.5) is 16.3 Å². The van der Waals surface area contributed by atoms with E-state index in [0.29, 0.717) is 24.1 Å². The van der Waals surface area contributed by atoms with Crippen molar-refractivity contribution in [3.8, 4) is 6.01 Å². The Bertz CT molecular complexity index is 593. The summed E-state index contributed by atoms with van der Waals surface area (Å²) in [5.41, 5.74) is 0.542. The van der Waals surface area contributed by atoms with Crippen molar-refractivity contribution in [3.63, 3.8) is 0 Å². The van der Waals surface area contributed by atoms with Crippen molar-refractivity contribution in [1.29, 1.82) is 0 Å². The number of hydrogen-bond donors (Lipinski definition) is 2. The zero-order valence-corrected chi connectivity index (χ0v) is 12.1. The summed E-state index contributed by atoms with van der Waals surface area (Å²) >= 11 is 0. The molecule has 0 bridgehead atoms. The van der Waals surface area contributed by atoms with Crippen LogP contribution in [-0.2, 0) is 6.54 Å². The normalized spacial score (nSPS) is 10.2. The van der Waals surface area contributed by atoms with E-state index in [-0.39, 0.29) is 18.4 Å². The smallest absolute Gasteiger partial charge is 0.323 e. The summed E-state index contributed by atoms with van der Waals surface area (Å²) in [7, 11) is 1.71. The molecule has 0 spiro atoms. The number of hydrogen-bond acceptors (Lipinski definition) is 6. The molecule has 0 radical (unpaired) electrons. The van der Waals surface area contributed by atoms with E-state index in [0.717, 1.165) is 6.42 Å². The highest BCUT2D eigenvalue weighted by atomic mass is 19.1. The summed E-state index contributed by atoms with van der Waals surface area (Å²) in [6.07, 6.45) is 0.860. The molecule has 0 saturated carbocycles. The molecule has 0 aliphatic carbocycles. The summed E-state index contributed by atoms with van der Waals surface area (Å²) < 4.78 is 19.0. The quantitative estimate of drug-likeness (QED) is 0.816. The van der Waals surface area contributed by atoms with Crippen molar-refractivity contribution >= 4 is 11.9 Å². The van der Waals surface area contributed by atoms with E-state index >= 15 is 0 Å². The molecule has 0 saturated heterocycles. The number of rotatable bonds is 7. The Morgan fingerprint density at radius 3 is 2.62 bits per heavy atom. The minimum Gasteiger partial charge on any atom is -0.463 e. The molecule has 2 rings (SSSR count). The van der Waals surface area contributed by atoms with Gasteiger partial charge in [0.2, 0.25) is 11.9 Å². The Morgan fingerprint density at radius 1 is 1.14 bits per heavy atom. The van der Waals surface area contributed by atoms with Crippen molar-refractivity contribution in [2.45, 2.75) is 19.9 Å². The van der Waals surface area contributed by atoms with Gasteiger partial charge in [0.15, 0.2) is 0 Å². The van der Waals surface area contributed by atoms with Gasteiger partial charge >= 0.3 is 6.01 Å². The first-order valence-corrected chi connectivity index (χ1v) is 6.76. The lowest BCUT2D eigenvalue weighted by atomic mass is 10.2. The number of aromatic nitrogens is 3. The molecule has 0 atom stereocenters. The fraction of sp³-hybridized carbons (Fsp3) is 0.357. The van der Waals surface area contributed by atoms with Gasteiger partial charge in [-0.2, -0.15) is 15.0 Å². The molecule has 1 aromatic carbocycles. The van der Waals surface area contributed by atoms with Crippen molar-refractivity contribution < 1.29 is 9.13 Å². The van der Waals surface area contributed by atoms with Gasteiger partial charge < -0.3 is 15.4 Å². The van der Waals surface area contributed by atoms with Crippen molar-refractivity contribution in [2.24, 2.45) is 0 Å². The van der Waals surface area contributed by atoms with Crippen LogP contribution in [-0.4, -0.2) is 28.6 Å². The fourth-order valence-electron chi connectivity index (χ4n) is 1.62. The van der Waals surface area contributed by atoms with Crippen LogP contribution in [0.15, 0.2) is 24.3 Å². The number of halogens is 1. The average Bonchev–Trinajstić information content (AvgIpc) is 2.52. The molecule has 2 N–H and O–H groups in total. The highest BCUT2D eigenvalue weighted by Crippen LogP contribution is 2.13. The predicted octanol–water partition coefficient (Wildman–Crippen LogP) is 2.45. The highest BCUT2D eigenvalue weighted by Gasteiger charge is 2.07. The Balaban J connectivity index is 2.09. The number of nitrogens with one attached hydrogen (secondary N) is 2. The summed E-state index contributed by atoms with van der Waals surface area (Å²) in [6.45, 7) is 2.81. The molecule has 21 heavy (non-hydrogen) atoms. The molecule has 6 nitrogen and oxygen atoms in total. The van der Waals surface area contributed by atoms with Crippen LogP contribution in [0.3, 0.4) is 0 Å². The van der Waals surface area contributed by atoms with Crippen molar-refractivity contribution in [3.05, 3.63) is 35.6 Å². The lowest BCUT2D eigenvalue weighted by Crippen LogP contribution is -2.10. The van der Waals surface area contributed by atoms with Gasteiger partial charge in [-0.1, -0.05) is 25.1 Å². The van der Waals surface area contributed by atoms with E-state index in [4.69, 9.17) is 4.74 Å². The topological polar surface area (TPSA) is 72.0 Å². The van der Waals surface area contributed by atoms with Gasteiger partial charge in [-0.05, 0) is 12.5 Å². The van der Waals surface area contributed by atoms with Gasteiger partial charge in [0.25, 0.3) is 0 Å². The fourth-order valence-corrected chi connectivity index (χ4v) is 1.62. The molecule has 7 heteroatoms. The molecule has 0 unspecified atom stereocenters.